The van der Waals surface area contributed by atoms with Crippen molar-refractivity contribution in [2.45, 2.75) is 25.6 Å². The molecule has 1 fully saturated rings. The lowest BCUT2D eigenvalue weighted by molar-refractivity contribution is 0.0894. The summed E-state index contributed by atoms with van der Waals surface area (Å²) in [5.41, 5.74) is 0.887. The minimum atomic E-state index is -1.48. The predicted octanol–water partition coefficient (Wildman–Crippen LogP) is 3.89. The van der Waals surface area contributed by atoms with E-state index in [4.69, 9.17) is 33.0 Å². The summed E-state index contributed by atoms with van der Waals surface area (Å²) in [5.74, 6) is -0.121. The Labute approximate surface area is 201 Å². The molecule has 0 aliphatic carbocycles. The summed E-state index contributed by atoms with van der Waals surface area (Å²) in [7, 11) is 1.74. The number of nitrogens with zero attached hydrogens (tertiary/aromatic N) is 4. The maximum absolute atomic E-state index is 15.0. The van der Waals surface area contributed by atoms with Crippen LogP contribution < -0.4 is 15.0 Å². The minimum absolute atomic E-state index is 0.0475. The molecule has 0 saturated carbocycles. The van der Waals surface area contributed by atoms with Crippen LogP contribution in [0.5, 0.6) is 5.06 Å². The maximum atomic E-state index is 15.0. The van der Waals surface area contributed by atoms with E-state index in [0.717, 1.165) is 11.3 Å². The number of aromatic nitrogens is 4. The Bertz CT molecular complexity index is 1210. The summed E-state index contributed by atoms with van der Waals surface area (Å²) < 4.78 is 21.6. The number of carbonyl (C=O) groups is 2. The van der Waals surface area contributed by atoms with E-state index in [0.29, 0.717) is 29.6 Å². The smallest absolute Gasteiger partial charge is 0.449 e. The Kier molecular flexibility index (Phi) is 6.50. The number of thiazole rings is 1. The van der Waals surface area contributed by atoms with Gasteiger partial charge in [0.1, 0.15) is 11.9 Å². The number of ether oxygens (including phenoxy) is 1. The molecule has 0 spiro atoms. The quantitative estimate of drug-likeness (QED) is 0.439. The van der Waals surface area contributed by atoms with E-state index in [9.17, 15) is 9.59 Å². The third-order valence-corrected chi connectivity index (χ3v) is 7.15. The molecule has 176 valence electrons. The molecule has 1 amide bonds. The van der Waals surface area contributed by atoms with E-state index in [1.165, 1.54) is 0 Å². The van der Waals surface area contributed by atoms with Gasteiger partial charge in [-0.3, -0.25) is 4.79 Å². The minimum Gasteiger partial charge on any atom is -0.449 e. The number of imidazole rings is 1. The Balaban J connectivity index is 1.49. The lowest BCUT2D eigenvalue weighted by atomic mass is 10.0. The molecule has 0 aromatic carbocycles. The fraction of sp³-hybridized carbons (Fsp3) is 0.368. The number of anilines is 1. The number of carboxylic acid groups (broad SMARTS) is 1. The number of amides is 1. The third kappa shape index (κ3) is 4.63. The number of carbonyl (C=O) groups excluding carboxylic acids is 1. The second kappa shape index (κ2) is 9.20. The standard InChI is InChI=1S/C19H19Cl2FN6O4S/c1-8-11(20)12(21)13(24-8)16(29)25-10-3-5-28(7-9(10)22)18-26-14(15-23-4-6-27(15)2)17(33-18)32-19(30)31/h4,6,9-10,24H,3,5,7H2,1-2H3,(H,25,29)(H,30,31)/t9-,10+/m0/s1. The molecular formula is C19H19Cl2FN6O4S. The number of rotatable bonds is 5. The number of hydrogen-bond donors (Lipinski definition) is 3. The summed E-state index contributed by atoms with van der Waals surface area (Å²) in [6.07, 6.45) is 0.650. The van der Waals surface area contributed by atoms with Crippen LogP contribution in [0.4, 0.5) is 14.3 Å². The monoisotopic (exact) mass is 516 g/mol. The largest absolute Gasteiger partial charge is 0.512 e. The molecule has 2 atom stereocenters. The third-order valence-electron chi connectivity index (χ3n) is 5.21. The predicted molar refractivity (Wildman–Crippen MR) is 121 cm³/mol. The van der Waals surface area contributed by atoms with Crippen LogP contribution in [0.1, 0.15) is 22.6 Å². The Morgan fingerprint density at radius 3 is 2.73 bits per heavy atom. The van der Waals surface area contributed by atoms with Crippen molar-refractivity contribution in [2.75, 3.05) is 18.0 Å². The SMILES string of the molecule is Cc1[nH]c(C(=O)N[C@@H]2CCN(c3nc(-c4nccn4C)c(OC(=O)O)s3)C[C@@H]2F)c(Cl)c1Cl. The van der Waals surface area contributed by atoms with Gasteiger partial charge in [-0.25, -0.2) is 19.2 Å². The normalized spacial score (nSPS) is 18.4. The fourth-order valence-corrected chi connectivity index (χ4v) is 4.88. The van der Waals surface area contributed by atoms with Crippen LogP contribution >= 0.6 is 34.5 Å². The second-order valence-corrected chi connectivity index (χ2v) is 9.14. The molecule has 0 unspecified atom stereocenters. The van der Waals surface area contributed by atoms with E-state index >= 15 is 4.39 Å². The van der Waals surface area contributed by atoms with E-state index in [2.05, 4.69) is 20.3 Å². The van der Waals surface area contributed by atoms with Crippen LogP contribution in [-0.2, 0) is 7.05 Å². The van der Waals surface area contributed by atoms with Gasteiger partial charge in [-0.05, 0) is 13.3 Å². The molecule has 1 saturated heterocycles. The van der Waals surface area contributed by atoms with Crippen LogP contribution in [0, 0.1) is 6.92 Å². The van der Waals surface area contributed by atoms with Gasteiger partial charge >= 0.3 is 6.16 Å². The molecule has 33 heavy (non-hydrogen) atoms. The van der Waals surface area contributed by atoms with Gasteiger partial charge in [-0.1, -0.05) is 34.5 Å². The van der Waals surface area contributed by atoms with Gasteiger partial charge in [-0.2, -0.15) is 0 Å². The van der Waals surface area contributed by atoms with Crippen molar-refractivity contribution < 1.29 is 23.8 Å². The van der Waals surface area contributed by atoms with Crippen LogP contribution in [-0.4, -0.2) is 62.0 Å². The molecule has 10 nitrogen and oxygen atoms in total. The van der Waals surface area contributed by atoms with Crippen LogP contribution in [0.25, 0.3) is 11.5 Å². The van der Waals surface area contributed by atoms with E-state index < -0.39 is 24.3 Å². The zero-order valence-electron chi connectivity index (χ0n) is 17.4. The Hall–Kier alpha value is -2.83. The zero-order chi connectivity index (χ0) is 23.9. The number of H-pyrrole nitrogens is 1. The van der Waals surface area contributed by atoms with E-state index in [-0.39, 0.29) is 33.0 Å². The van der Waals surface area contributed by atoms with Crippen molar-refractivity contribution in [1.29, 1.82) is 0 Å². The molecule has 0 radical (unpaired) electrons. The number of aromatic amines is 1. The van der Waals surface area contributed by atoms with Crippen molar-refractivity contribution in [3.63, 3.8) is 0 Å². The fourth-order valence-electron chi connectivity index (χ4n) is 3.52. The summed E-state index contributed by atoms with van der Waals surface area (Å²) in [6, 6.07) is -0.740. The number of nitrogens with one attached hydrogen (secondary N) is 2. The van der Waals surface area contributed by atoms with Crippen LogP contribution in [0.3, 0.4) is 0 Å². The van der Waals surface area contributed by atoms with Crippen molar-refractivity contribution in [1.82, 2.24) is 24.8 Å². The summed E-state index contributed by atoms with van der Waals surface area (Å²) in [5, 5.41) is 12.5. The molecule has 3 aromatic rings. The van der Waals surface area contributed by atoms with Crippen molar-refractivity contribution >= 4 is 51.7 Å². The van der Waals surface area contributed by atoms with E-state index in [1.807, 2.05) is 0 Å². The molecule has 14 heteroatoms. The first-order valence-electron chi connectivity index (χ1n) is 9.78. The number of alkyl halides is 1. The molecule has 0 bridgehead atoms. The summed E-state index contributed by atoms with van der Waals surface area (Å²) >= 11 is 13.1. The van der Waals surface area contributed by atoms with Gasteiger partial charge in [0.25, 0.3) is 5.91 Å². The molecule has 3 N–H and O–H groups in total. The van der Waals surface area contributed by atoms with Gasteiger partial charge in [0.2, 0.25) is 5.06 Å². The highest BCUT2D eigenvalue weighted by atomic mass is 35.5. The average molecular weight is 517 g/mol. The molecular weight excluding hydrogens is 498 g/mol. The lowest BCUT2D eigenvalue weighted by Gasteiger charge is -2.34. The van der Waals surface area contributed by atoms with Crippen LogP contribution in [0.2, 0.25) is 10.0 Å². The number of hydrogen-bond acceptors (Lipinski definition) is 7. The van der Waals surface area contributed by atoms with Crippen LogP contribution in [0.15, 0.2) is 12.4 Å². The first-order chi connectivity index (χ1) is 15.7. The second-order valence-electron chi connectivity index (χ2n) is 7.45. The zero-order valence-corrected chi connectivity index (χ0v) is 19.8. The average Bonchev–Trinajstić information content (AvgIpc) is 3.43. The molecule has 4 heterocycles. The maximum Gasteiger partial charge on any atom is 0.512 e. The number of aryl methyl sites for hydroxylation is 2. The van der Waals surface area contributed by atoms with Gasteiger partial charge in [0, 0.05) is 31.7 Å². The molecule has 4 rings (SSSR count). The van der Waals surface area contributed by atoms with Gasteiger partial charge in [-0.15, -0.1) is 0 Å². The van der Waals surface area contributed by atoms with Crippen molar-refractivity contribution in [2.24, 2.45) is 7.05 Å². The van der Waals surface area contributed by atoms with Gasteiger partial charge in [0.05, 0.1) is 22.6 Å². The Morgan fingerprint density at radius 2 is 2.15 bits per heavy atom. The topological polar surface area (TPSA) is 125 Å². The lowest BCUT2D eigenvalue weighted by Crippen LogP contribution is -2.52. The molecule has 1 aliphatic heterocycles. The summed E-state index contributed by atoms with van der Waals surface area (Å²) in [6.45, 7) is 2.00. The highest BCUT2D eigenvalue weighted by Gasteiger charge is 2.34. The van der Waals surface area contributed by atoms with Gasteiger partial charge in [0.15, 0.2) is 16.6 Å². The number of halogens is 3. The highest BCUT2D eigenvalue weighted by molar-refractivity contribution is 7.18. The van der Waals surface area contributed by atoms with Crippen molar-refractivity contribution in [3.8, 4) is 16.6 Å². The summed E-state index contributed by atoms with van der Waals surface area (Å²) in [4.78, 5) is 36.8. The Morgan fingerprint density at radius 1 is 1.39 bits per heavy atom. The van der Waals surface area contributed by atoms with Crippen molar-refractivity contribution in [3.05, 3.63) is 33.8 Å². The molecule has 1 aliphatic rings. The van der Waals surface area contributed by atoms with E-state index in [1.54, 1.807) is 35.8 Å². The highest BCUT2D eigenvalue weighted by Crippen LogP contribution is 2.40. The number of piperidine rings is 1. The first kappa shape index (κ1) is 23.3. The first-order valence-corrected chi connectivity index (χ1v) is 11.4. The van der Waals surface area contributed by atoms with Gasteiger partial charge < -0.3 is 29.6 Å². The molecule has 3 aromatic heterocycles.